The van der Waals surface area contributed by atoms with Gasteiger partial charge in [-0.1, -0.05) is 0 Å². The van der Waals surface area contributed by atoms with Crippen molar-refractivity contribution < 1.29 is 4.92 Å². The minimum absolute atomic E-state index is 0.0844. The van der Waals surface area contributed by atoms with Crippen molar-refractivity contribution in [2.24, 2.45) is 7.05 Å². The van der Waals surface area contributed by atoms with E-state index in [1.807, 2.05) is 11.6 Å². The standard InChI is InChI=1S/C11H14N6O2/c1-16-7-14-15-11(16)4-5-13-8-2-3-10(17(18)19)9(12)6-8/h2-3,6-7,13H,4-5,12H2,1H3. The van der Waals surface area contributed by atoms with Gasteiger partial charge in [0.2, 0.25) is 0 Å². The summed E-state index contributed by atoms with van der Waals surface area (Å²) < 4.78 is 1.84. The molecular formula is C11H14N6O2. The Labute approximate surface area is 109 Å². The molecule has 8 nitrogen and oxygen atoms in total. The van der Waals surface area contributed by atoms with Crippen LogP contribution in [-0.2, 0) is 13.5 Å². The van der Waals surface area contributed by atoms with Crippen LogP contribution in [0.2, 0.25) is 0 Å². The van der Waals surface area contributed by atoms with Gasteiger partial charge in [0, 0.05) is 31.8 Å². The smallest absolute Gasteiger partial charge is 0.292 e. The van der Waals surface area contributed by atoms with E-state index in [4.69, 9.17) is 5.73 Å². The first kappa shape index (κ1) is 12.8. The summed E-state index contributed by atoms with van der Waals surface area (Å²) in [6.07, 6.45) is 2.34. The molecule has 0 radical (unpaired) electrons. The maximum absolute atomic E-state index is 10.6. The second kappa shape index (κ2) is 5.34. The second-order valence-electron chi connectivity index (χ2n) is 4.07. The molecule has 0 aliphatic rings. The van der Waals surface area contributed by atoms with Gasteiger partial charge in [-0.05, 0) is 12.1 Å². The van der Waals surface area contributed by atoms with E-state index in [1.165, 1.54) is 6.07 Å². The molecule has 1 aromatic carbocycles. The number of nitro benzene ring substituents is 1. The Bertz CT molecular complexity index is 595. The van der Waals surface area contributed by atoms with Crippen LogP contribution in [0.25, 0.3) is 0 Å². The molecule has 19 heavy (non-hydrogen) atoms. The van der Waals surface area contributed by atoms with Gasteiger partial charge in [0.15, 0.2) is 0 Å². The van der Waals surface area contributed by atoms with Crippen LogP contribution >= 0.6 is 0 Å². The lowest BCUT2D eigenvalue weighted by Gasteiger charge is -2.07. The number of nitrogens with two attached hydrogens (primary N) is 1. The van der Waals surface area contributed by atoms with Crippen molar-refractivity contribution in [2.45, 2.75) is 6.42 Å². The van der Waals surface area contributed by atoms with E-state index in [-0.39, 0.29) is 11.4 Å². The number of rotatable bonds is 5. The summed E-state index contributed by atoms with van der Waals surface area (Å²) in [6.45, 7) is 0.643. The van der Waals surface area contributed by atoms with Crippen molar-refractivity contribution in [2.75, 3.05) is 17.6 Å². The predicted molar refractivity (Wildman–Crippen MR) is 70.7 cm³/mol. The molecule has 2 rings (SSSR count). The van der Waals surface area contributed by atoms with Gasteiger partial charge in [-0.2, -0.15) is 0 Å². The molecule has 3 N–H and O–H groups in total. The average molecular weight is 262 g/mol. The minimum atomic E-state index is -0.501. The van der Waals surface area contributed by atoms with Crippen molar-refractivity contribution in [1.29, 1.82) is 0 Å². The van der Waals surface area contributed by atoms with Gasteiger partial charge in [0.25, 0.3) is 5.69 Å². The summed E-state index contributed by atoms with van der Waals surface area (Å²) in [7, 11) is 1.87. The Morgan fingerprint density at radius 2 is 2.32 bits per heavy atom. The Hall–Kier alpha value is -2.64. The molecule has 0 saturated carbocycles. The number of hydrogen-bond donors (Lipinski definition) is 2. The highest BCUT2D eigenvalue weighted by Crippen LogP contribution is 2.24. The Kier molecular flexibility index (Phi) is 3.60. The average Bonchev–Trinajstić information content (AvgIpc) is 2.75. The first-order chi connectivity index (χ1) is 9.08. The monoisotopic (exact) mass is 262 g/mol. The Balaban J connectivity index is 1.95. The first-order valence-corrected chi connectivity index (χ1v) is 5.68. The highest BCUT2D eigenvalue weighted by molar-refractivity contribution is 5.65. The van der Waals surface area contributed by atoms with Gasteiger partial charge in [0.05, 0.1) is 4.92 Å². The topological polar surface area (TPSA) is 112 Å². The van der Waals surface area contributed by atoms with Crippen LogP contribution in [0.3, 0.4) is 0 Å². The van der Waals surface area contributed by atoms with Crippen molar-refractivity contribution in [3.05, 3.63) is 40.5 Å². The predicted octanol–water partition coefficient (Wildman–Crippen LogP) is 0.960. The zero-order chi connectivity index (χ0) is 13.8. The van der Waals surface area contributed by atoms with Crippen LogP contribution in [0.5, 0.6) is 0 Å². The molecule has 0 amide bonds. The summed E-state index contributed by atoms with van der Waals surface area (Å²) in [6, 6.07) is 4.57. The molecule has 1 aromatic heterocycles. The van der Waals surface area contributed by atoms with Crippen LogP contribution in [0.15, 0.2) is 24.5 Å². The van der Waals surface area contributed by atoms with E-state index in [0.29, 0.717) is 13.0 Å². The molecule has 2 aromatic rings. The van der Waals surface area contributed by atoms with Crippen molar-refractivity contribution >= 4 is 17.1 Å². The number of aryl methyl sites for hydroxylation is 1. The van der Waals surface area contributed by atoms with Crippen molar-refractivity contribution in [3.63, 3.8) is 0 Å². The fraction of sp³-hybridized carbons (Fsp3) is 0.273. The molecule has 0 bridgehead atoms. The third kappa shape index (κ3) is 2.97. The molecule has 100 valence electrons. The number of aromatic nitrogens is 3. The molecule has 0 fully saturated rings. The van der Waals surface area contributed by atoms with E-state index >= 15 is 0 Å². The fourth-order valence-electron chi connectivity index (χ4n) is 1.68. The van der Waals surface area contributed by atoms with E-state index in [9.17, 15) is 10.1 Å². The number of nitrogens with zero attached hydrogens (tertiary/aromatic N) is 4. The number of nitro groups is 1. The Morgan fingerprint density at radius 1 is 1.53 bits per heavy atom. The SMILES string of the molecule is Cn1cnnc1CCNc1ccc([N+](=O)[O-])c(N)c1. The van der Waals surface area contributed by atoms with Gasteiger partial charge in [-0.25, -0.2) is 0 Å². The highest BCUT2D eigenvalue weighted by atomic mass is 16.6. The summed E-state index contributed by atoms with van der Waals surface area (Å²) in [5, 5.41) is 21.5. The van der Waals surface area contributed by atoms with E-state index in [2.05, 4.69) is 15.5 Å². The van der Waals surface area contributed by atoms with E-state index < -0.39 is 4.92 Å². The van der Waals surface area contributed by atoms with Crippen LogP contribution in [0.1, 0.15) is 5.82 Å². The fourth-order valence-corrected chi connectivity index (χ4v) is 1.68. The molecule has 0 atom stereocenters. The molecular weight excluding hydrogens is 248 g/mol. The van der Waals surface area contributed by atoms with Gasteiger partial charge in [0.1, 0.15) is 17.8 Å². The minimum Gasteiger partial charge on any atom is -0.393 e. The quantitative estimate of drug-likeness (QED) is 0.471. The maximum Gasteiger partial charge on any atom is 0.292 e. The summed E-state index contributed by atoms with van der Waals surface area (Å²) in [4.78, 5) is 10.1. The van der Waals surface area contributed by atoms with Crippen molar-refractivity contribution in [3.8, 4) is 0 Å². The molecule has 0 unspecified atom stereocenters. The molecule has 0 aliphatic heterocycles. The zero-order valence-corrected chi connectivity index (χ0v) is 10.4. The summed E-state index contributed by atoms with van der Waals surface area (Å²) >= 11 is 0. The lowest BCUT2D eigenvalue weighted by molar-refractivity contribution is -0.383. The highest BCUT2D eigenvalue weighted by Gasteiger charge is 2.10. The van der Waals surface area contributed by atoms with Crippen LogP contribution in [-0.4, -0.2) is 26.2 Å². The van der Waals surface area contributed by atoms with Crippen LogP contribution < -0.4 is 11.1 Å². The normalized spacial score (nSPS) is 10.4. The molecule has 0 saturated heterocycles. The molecule has 0 aliphatic carbocycles. The van der Waals surface area contributed by atoms with E-state index in [1.54, 1.807) is 18.5 Å². The van der Waals surface area contributed by atoms with Gasteiger partial charge in [-0.15, -0.1) is 10.2 Å². The number of benzene rings is 1. The summed E-state index contributed by atoms with van der Waals surface area (Å²) in [5.74, 6) is 0.863. The third-order valence-electron chi connectivity index (χ3n) is 2.71. The van der Waals surface area contributed by atoms with Crippen LogP contribution in [0, 0.1) is 10.1 Å². The van der Waals surface area contributed by atoms with E-state index in [0.717, 1.165) is 11.5 Å². The second-order valence-corrected chi connectivity index (χ2v) is 4.07. The van der Waals surface area contributed by atoms with Crippen molar-refractivity contribution in [1.82, 2.24) is 14.8 Å². The molecule has 8 heteroatoms. The summed E-state index contributed by atoms with van der Waals surface area (Å²) in [5.41, 5.74) is 6.41. The first-order valence-electron chi connectivity index (χ1n) is 5.68. The maximum atomic E-state index is 10.6. The number of nitrogen functional groups attached to an aromatic ring is 1. The lowest BCUT2D eigenvalue weighted by Crippen LogP contribution is -2.09. The van der Waals surface area contributed by atoms with Gasteiger partial charge < -0.3 is 15.6 Å². The lowest BCUT2D eigenvalue weighted by atomic mass is 10.2. The number of nitrogens with one attached hydrogen (secondary N) is 1. The zero-order valence-electron chi connectivity index (χ0n) is 10.4. The Morgan fingerprint density at radius 3 is 2.89 bits per heavy atom. The third-order valence-corrected chi connectivity index (χ3v) is 2.71. The number of anilines is 2. The largest absolute Gasteiger partial charge is 0.393 e. The molecule has 0 spiro atoms. The molecule has 1 heterocycles. The van der Waals surface area contributed by atoms with Gasteiger partial charge >= 0.3 is 0 Å². The number of hydrogen-bond acceptors (Lipinski definition) is 6. The van der Waals surface area contributed by atoms with Gasteiger partial charge in [-0.3, -0.25) is 10.1 Å². The van der Waals surface area contributed by atoms with Crippen LogP contribution in [0.4, 0.5) is 17.1 Å².